The van der Waals surface area contributed by atoms with Crippen LogP contribution in [0.5, 0.6) is 0 Å². The first kappa shape index (κ1) is 16.3. The van der Waals surface area contributed by atoms with E-state index in [9.17, 15) is 4.79 Å². The molecule has 7 heteroatoms. The van der Waals surface area contributed by atoms with Crippen molar-refractivity contribution in [2.24, 2.45) is 5.16 Å². The van der Waals surface area contributed by atoms with E-state index in [1.807, 2.05) is 24.3 Å². The molecule has 1 amide bonds. The molecule has 1 unspecified atom stereocenters. The second-order valence-electron chi connectivity index (χ2n) is 4.93. The van der Waals surface area contributed by atoms with E-state index < -0.39 is 6.10 Å². The normalized spacial score (nSPS) is 16.7. The molecule has 2 aromatic rings. The molecule has 0 saturated carbocycles. The summed E-state index contributed by atoms with van der Waals surface area (Å²) in [7, 11) is 0. The molecule has 1 aliphatic rings. The number of oxime groups is 1. The Labute approximate surface area is 151 Å². The van der Waals surface area contributed by atoms with Gasteiger partial charge in [-0.15, -0.1) is 0 Å². The number of halogens is 3. The summed E-state index contributed by atoms with van der Waals surface area (Å²) in [6.07, 6.45) is -0.332. The molecule has 2 aromatic carbocycles. The van der Waals surface area contributed by atoms with E-state index in [0.717, 1.165) is 15.7 Å². The predicted octanol–water partition coefficient (Wildman–Crippen LogP) is 4.89. The number of hydrogen-bond acceptors (Lipinski definition) is 3. The summed E-state index contributed by atoms with van der Waals surface area (Å²) >= 11 is 15.5. The molecule has 0 aliphatic carbocycles. The number of benzene rings is 2. The Balaban J connectivity index is 1.69. The van der Waals surface area contributed by atoms with Crippen molar-refractivity contribution in [1.29, 1.82) is 0 Å². The zero-order valence-corrected chi connectivity index (χ0v) is 14.8. The van der Waals surface area contributed by atoms with E-state index in [0.29, 0.717) is 22.2 Å². The number of nitrogens with zero attached hydrogens (tertiary/aromatic N) is 1. The monoisotopic (exact) mass is 412 g/mol. The number of amides is 1. The molecule has 0 saturated heterocycles. The highest BCUT2D eigenvalue weighted by Gasteiger charge is 2.29. The van der Waals surface area contributed by atoms with Crippen molar-refractivity contribution in [2.75, 3.05) is 5.32 Å². The van der Waals surface area contributed by atoms with Gasteiger partial charge in [-0.05, 0) is 24.3 Å². The smallest absolute Gasteiger partial charge is 0.268 e. The number of para-hydroxylation sites is 1. The average Bonchev–Trinajstić information content (AvgIpc) is 3.01. The fourth-order valence-electron chi connectivity index (χ4n) is 2.18. The third-order valence-electron chi connectivity index (χ3n) is 3.33. The summed E-state index contributed by atoms with van der Waals surface area (Å²) in [5.74, 6) is -0.339. The van der Waals surface area contributed by atoms with Crippen molar-refractivity contribution in [3.05, 3.63) is 62.5 Å². The first-order valence-electron chi connectivity index (χ1n) is 6.78. The summed E-state index contributed by atoms with van der Waals surface area (Å²) in [4.78, 5) is 17.6. The molecule has 1 atom stereocenters. The molecular formula is C16H11BrCl2N2O2. The largest absolute Gasteiger partial charge is 0.382 e. The van der Waals surface area contributed by atoms with Crippen LogP contribution in [0.4, 0.5) is 5.69 Å². The summed E-state index contributed by atoms with van der Waals surface area (Å²) in [5.41, 5.74) is 2.00. The van der Waals surface area contributed by atoms with Gasteiger partial charge in [0.25, 0.3) is 5.91 Å². The van der Waals surface area contributed by atoms with Gasteiger partial charge in [0.1, 0.15) is 0 Å². The van der Waals surface area contributed by atoms with Gasteiger partial charge in [-0.3, -0.25) is 4.79 Å². The van der Waals surface area contributed by atoms with Gasteiger partial charge < -0.3 is 10.2 Å². The molecule has 0 spiro atoms. The average molecular weight is 414 g/mol. The van der Waals surface area contributed by atoms with Crippen molar-refractivity contribution in [3.8, 4) is 0 Å². The van der Waals surface area contributed by atoms with E-state index in [-0.39, 0.29) is 5.91 Å². The van der Waals surface area contributed by atoms with E-state index in [2.05, 4.69) is 26.4 Å². The topological polar surface area (TPSA) is 50.7 Å². The molecule has 1 N–H and O–H groups in total. The lowest BCUT2D eigenvalue weighted by molar-refractivity contribution is -0.125. The second kappa shape index (κ2) is 6.91. The third-order valence-corrected chi connectivity index (χ3v) is 4.45. The second-order valence-corrected chi connectivity index (χ2v) is 6.66. The maximum atomic E-state index is 12.3. The van der Waals surface area contributed by atoms with Gasteiger partial charge in [-0.2, -0.15) is 0 Å². The number of nitrogens with one attached hydrogen (secondary N) is 1. The van der Waals surface area contributed by atoms with Crippen molar-refractivity contribution in [3.63, 3.8) is 0 Å². The number of rotatable bonds is 3. The van der Waals surface area contributed by atoms with E-state index in [1.165, 1.54) is 0 Å². The molecule has 1 aliphatic heterocycles. The Bertz CT molecular complexity index is 775. The van der Waals surface area contributed by atoms with Crippen LogP contribution in [0.2, 0.25) is 10.0 Å². The van der Waals surface area contributed by atoms with Crippen LogP contribution in [0.25, 0.3) is 0 Å². The van der Waals surface area contributed by atoms with Crippen molar-refractivity contribution >= 4 is 56.4 Å². The molecule has 118 valence electrons. The van der Waals surface area contributed by atoms with Crippen LogP contribution in [-0.4, -0.2) is 17.7 Å². The molecule has 1 heterocycles. The molecule has 0 fully saturated rings. The van der Waals surface area contributed by atoms with Gasteiger partial charge in [0.05, 0.1) is 21.4 Å². The van der Waals surface area contributed by atoms with Gasteiger partial charge in [0.2, 0.25) is 6.10 Å². The van der Waals surface area contributed by atoms with Gasteiger partial charge >= 0.3 is 0 Å². The first-order valence-corrected chi connectivity index (χ1v) is 8.33. The van der Waals surface area contributed by atoms with Crippen LogP contribution >= 0.6 is 39.1 Å². The number of anilines is 1. The molecule has 0 aromatic heterocycles. The first-order chi connectivity index (χ1) is 11.0. The Morgan fingerprint density at radius 1 is 1.22 bits per heavy atom. The fraction of sp³-hybridized carbons (Fsp3) is 0.125. The van der Waals surface area contributed by atoms with Crippen LogP contribution in [0.3, 0.4) is 0 Å². The van der Waals surface area contributed by atoms with Crippen LogP contribution in [0.15, 0.2) is 52.1 Å². The predicted molar refractivity (Wildman–Crippen MR) is 95.3 cm³/mol. The Kier molecular flexibility index (Phi) is 4.90. The van der Waals surface area contributed by atoms with Crippen molar-refractivity contribution in [2.45, 2.75) is 12.5 Å². The third kappa shape index (κ3) is 3.68. The Morgan fingerprint density at radius 2 is 1.91 bits per heavy atom. The molecule has 0 bridgehead atoms. The standard InChI is InChI=1S/C16H11BrCl2N2O2/c17-10-4-1-3-9(7-10)13-8-14(23-21-13)16(22)20-15-11(18)5-2-6-12(15)19/h1-7,14H,8H2,(H,20,22). The Morgan fingerprint density at radius 3 is 2.61 bits per heavy atom. The highest BCUT2D eigenvalue weighted by atomic mass is 79.9. The number of hydrogen-bond donors (Lipinski definition) is 1. The fourth-order valence-corrected chi connectivity index (χ4v) is 3.07. The highest BCUT2D eigenvalue weighted by Crippen LogP contribution is 2.30. The Hall–Kier alpha value is -1.56. The van der Waals surface area contributed by atoms with Gasteiger partial charge in [0.15, 0.2) is 0 Å². The summed E-state index contributed by atoms with van der Waals surface area (Å²) in [6, 6.07) is 12.7. The SMILES string of the molecule is O=C(Nc1c(Cl)cccc1Cl)C1CC(c2cccc(Br)c2)=NO1. The van der Waals surface area contributed by atoms with Gasteiger partial charge in [-0.1, -0.05) is 62.5 Å². The molecule has 0 radical (unpaired) electrons. The van der Waals surface area contributed by atoms with Crippen LogP contribution in [0, 0.1) is 0 Å². The maximum absolute atomic E-state index is 12.3. The van der Waals surface area contributed by atoms with E-state index in [4.69, 9.17) is 28.0 Å². The van der Waals surface area contributed by atoms with E-state index >= 15 is 0 Å². The number of carbonyl (C=O) groups is 1. The summed E-state index contributed by atoms with van der Waals surface area (Å²) < 4.78 is 0.938. The quantitative estimate of drug-likeness (QED) is 0.778. The van der Waals surface area contributed by atoms with Gasteiger partial charge in [0, 0.05) is 16.5 Å². The maximum Gasteiger partial charge on any atom is 0.268 e. The van der Waals surface area contributed by atoms with Crippen LogP contribution < -0.4 is 5.32 Å². The van der Waals surface area contributed by atoms with Crippen LogP contribution in [0.1, 0.15) is 12.0 Å². The lowest BCUT2D eigenvalue weighted by Gasteiger charge is -2.12. The minimum Gasteiger partial charge on any atom is -0.382 e. The molecule has 4 nitrogen and oxygen atoms in total. The molecule has 23 heavy (non-hydrogen) atoms. The minimum atomic E-state index is -0.712. The summed E-state index contributed by atoms with van der Waals surface area (Å²) in [6.45, 7) is 0. The minimum absolute atomic E-state index is 0.339. The number of carbonyl (C=O) groups excluding carboxylic acids is 1. The lowest BCUT2D eigenvalue weighted by Crippen LogP contribution is -2.28. The molecular weight excluding hydrogens is 403 g/mol. The highest BCUT2D eigenvalue weighted by molar-refractivity contribution is 9.10. The molecule has 3 rings (SSSR count). The van der Waals surface area contributed by atoms with Gasteiger partial charge in [-0.25, -0.2) is 0 Å². The zero-order chi connectivity index (χ0) is 16.4. The van der Waals surface area contributed by atoms with Crippen molar-refractivity contribution in [1.82, 2.24) is 0 Å². The lowest BCUT2D eigenvalue weighted by atomic mass is 10.0. The van der Waals surface area contributed by atoms with E-state index in [1.54, 1.807) is 18.2 Å². The van der Waals surface area contributed by atoms with Crippen molar-refractivity contribution < 1.29 is 9.63 Å². The van der Waals surface area contributed by atoms with Crippen LogP contribution in [-0.2, 0) is 9.63 Å². The zero-order valence-electron chi connectivity index (χ0n) is 11.7. The summed E-state index contributed by atoms with van der Waals surface area (Å²) in [5, 5.41) is 7.44.